The number of benzene rings is 6. The molecular formula is C69H99O3P. The van der Waals surface area contributed by atoms with Gasteiger partial charge in [-0.2, -0.15) is 0 Å². The van der Waals surface area contributed by atoms with E-state index in [2.05, 4.69) is 246 Å². The monoisotopic (exact) mass is 1010 g/mol. The molecule has 6 rings (SSSR count). The van der Waals surface area contributed by atoms with E-state index >= 15 is 0 Å². The van der Waals surface area contributed by atoms with E-state index in [0.29, 0.717) is 23.3 Å². The molecule has 0 saturated carbocycles. The van der Waals surface area contributed by atoms with Crippen molar-refractivity contribution in [3.63, 3.8) is 0 Å². The number of aryl methyl sites for hydroxylation is 1. The van der Waals surface area contributed by atoms with Gasteiger partial charge in [0.05, 0.1) is 0 Å². The summed E-state index contributed by atoms with van der Waals surface area (Å²) in [5, 5.41) is 4.78. The fraction of sp³-hybridized carbons (Fsp3) is 0.536. The van der Waals surface area contributed by atoms with Gasteiger partial charge in [0.2, 0.25) is 0 Å². The molecule has 0 radical (unpaired) electrons. The van der Waals surface area contributed by atoms with Crippen LogP contribution in [0.3, 0.4) is 0 Å². The van der Waals surface area contributed by atoms with E-state index in [9.17, 15) is 14.7 Å². The first-order chi connectivity index (χ1) is 33.1. The van der Waals surface area contributed by atoms with Gasteiger partial charge in [-0.15, -0.1) is 0 Å². The molecule has 0 spiro atoms. The molecule has 3 N–H and O–H groups in total. The maximum atomic E-state index is 13.9. The molecule has 6 aromatic carbocycles. The van der Waals surface area contributed by atoms with Crippen molar-refractivity contribution in [2.24, 2.45) is 35.5 Å². The molecule has 0 bridgehead atoms. The third-order valence-corrected chi connectivity index (χ3v) is 23.2. The Hall–Kier alpha value is -3.85. The Bertz CT molecular complexity index is 3010. The molecule has 0 amide bonds. The molecule has 0 aliphatic heterocycles. The topological polar surface area (TPSA) is 60.7 Å². The molecule has 0 heterocycles. The summed E-state index contributed by atoms with van der Waals surface area (Å²) >= 11 is 0. The minimum absolute atomic E-state index is 0.0647. The zero-order valence-electron chi connectivity index (χ0n) is 50.4. The van der Waals surface area contributed by atoms with Gasteiger partial charge < -0.3 is 0 Å². The number of hydrogen-bond donors (Lipinski definition) is 3. The molecule has 0 atom stereocenters. The first-order valence-electron chi connectivity index (χ1n) is 27.9. The summed E-state index contributed by atoms with van der Waals surface area (Å²) in [5.41, 5.74) is 9.94. The van der Waals surface area contributed by atoms with Gasteiger partial charge in [-0.3, -0.25) is 0 Å². The van der Waals surface area contributed by atoms with Crippen molar-refractivity contribution >= 4 is 39.4 Å². The zero-order valence-corrected chi connectivity index (χ0v) is 51.3. The van der Waals surface area contributed by atoms with Crippen LogP contribution in [0.25, 0.3) is 43.8 Å². The van der Waals surface area contributed by atoms with E-state index in [1.165, 1.54) is 33.0 Å². The van der Waals surface area contributed by atoms with Crippen molar-refractivity contribution in [3.05, 3.63) is 130 Å². The van der Waals surface area contributed by atoms with Gasteiger partial charge in [-0.25, -0.2) is 0 Å². The summed E-state index contributed by atoms with van der Waals surface area (Å²) in [6.07, 6.45) is 0. The standard InChI is InChI=1S/C69H99O3P/c1-41(2)64(14,15)51-33-49-35-57(66(18,19)43(5)6)56(39-54(49)58(37-51)67(20,21)44(7)8)53-27-26-28-61(63(53)48-31-29-47(13)30-32-48)73(70,71,72)62-40-55-50(36-60(62)69(24,25)46(11)12)34-52(65(16,17)42(3)4)38-59(55)68(22,23)45(9)10/h26-46,70-72H,1-25H3. The van der Waals surface area contributed by atoms with E-state index in [1.807, 2.05) is 12.1 Å². The summed E-state index contributed by atoms with van der Waals surface area (Å²) in [4.78, 5) is 41.8. The van der Waals surface area contributed by atoms with Crippen LogP contribution < -0.4 is 10.6 Å². The fourth-order valence-corrected chi connectivity index (χ4v) is 12.9. The van der Waals surface area contributed by atoms with Gasteiger partial charge in [0.25, 0.3) is 0 Å². The molecule has 0 saturated heterocycles. The Morgan fingerprint density at radius 3 is 1.14 bits per heavy atom. The van der Waals surface area contributed by atoms with Crippen LogP contribution in [0.4, 0.5) is 0 Å². The molecule has 0 unspecified atom stereocenters. The molecule has 0 aromatic heterocycles. The Labute approximate surface area is 445 Å². The molecule has 398 valence electrons. The molecule has 3 nitrogen and oxygen atoms in total. The normalized spacial score (nSPS) is 14.5. The number of fused-ring (bicyclic) bond motifs is 2. The first kappa shape index (κ1) is 58.4. The van der Waals surface area contributed by atoms with Crippen LogP contribution in [-0.4, -0.2) is 14.7 Å². The Kier molecular flexibility index (Phi) is 15.5. The maximum absolute atomic E-state index is 13.9. The van der Waals surface area contributed by atoms with Gasteiger partial charge in [-0.1, -0.05) is 0 Å². The summed E-state index contributed by atoms with van der Waals surface area (Å²) in [6, 6.07) is 32.9. The van der Waals surface area contributed by atoms with Gasteiger partial charge in [-0.05, 0) is 0 Å². The van der Waals surface area contributed by atoms with Gasteiger partial charge in [0.15, 0.2) is 0 Å². The average Bonchev–Trinajstić information content (AvgIpc) is 3.29. The Morgan fingerprint density at radius 1 is 0.356 bits per heavy atom. The Balaban J connectivity index is 1.88. The summed E-state index contributed by atoms with van der Waals surface area (Å²) in [7, 11) is -6.13. The van der Waals surface area contributed by atoms with Crippen LogP contribution in [0.2, 0.25) is 0 Å². The van der Waals surface area contributed by atoms with Crippen LogP contribution in [0, 0.1) is 42.4 Å². The van der Waals surface area contributed by atoms with Gasteiger partial charge in [0.1, 0.15) is 0 Å². The Morgan fingerprint density at radius 2 is 0.726 bits per heavy atom. The molecule has 4 heteroatoms. The van der Waals surface area contributed by atoms with Crippen LogP contribution in [-0.2, 0) is 32.5 Å². The van der Waals surface area contributed by atoms with Crippen molar-refractivity contribution in [2.75, 3.05) is 0 Å². The van der Waals surface area contributed by atoms with E-state index in [4.69, 9.17) is 0 Å². The summed E-state index contributed by atoms with van der Waals surface area (Å²) in [5.74, 6) is 1.78. The second-order valence-corrected chi connectivity index (χ2v) is 31.0. The summed E-state index contributed by atoms with van der Waals surface area (Å²) < 4.78 is 0. The van der Waals surface area contributed by atoms with E-state index in [-0.39, 0.29) is 55.4 Å². The van der Waals surface area contributed by atoms with E-state index < -0.39 is 12.7 Å². The third-order valence-electron chi connectivity index (χ3n) is 20.6. The molecular weight excluding hydrogens is 908 g/mol. The fourth-order valence-electron chi connectivity index (χ4n) is 10.4. The van der Waals surface area contributed by atoms with Crippen LogP contribution in [0.15, 0.2) is 91.0 Å². The van der Waals surface area contributed by atoms with Crippen molar-refractivity contribution in [1.29, 1.82) is 0 Å². The van der Waals surface area contributed by atoms with Crippen molar-refractivity contribution in [3.8, 4) is 22.3 Å². The molecule has 0 aliphatic rings. The molecule has 73 heavy (non-hydrogen) atoms. The van der Waals surface area contributed by atoms with Crippen molar-refractivity contribution in [1.82, 2.24) is 0 Å². The van der Waals surface area contributed by atoms with Crippen LogP contribution in [0.1, 0.15) is 205 Å². The number of rotatable bonds is 16. The first-order valence-corrected chi connectivity index (χ1v) is 30.0. The molecule has 0 fully saturated rings. The SMILES string of the molecule is Cc1ccc(-c2c(-c3cc4c(C(C)(C)C(C)C)cc(C(C)(C)C(C)C)cc4cc3C(C)(C)C(C)C)cccc2P(O)(O)(O)c2cc3c(C(C)(C)C(C)C)cc(C(C)(C)C(C)C)cc3cc2C(C)(C)C(C)C)cc1. The van der Waals surface area contributed by atoms with Gasteiger partial charge >= 0.3 is 447 Å². The second-order valence-electron chi connectivity index (χ2n) is 28.1. The quantitative estimate of drug-likeness (QED) is 0.0847. The minimum atomic E-state index is -6.13. The van der Waals surface area contributed by atoms with E-state index in [1.54, 1.807) is 6.07 Å². The van der Waals surface area contributed by atoms with Crippen LogP contribution in [0.5, 0.6) is 0 Å². The van der Waals surface area contributed by atoms with Crippen LogP contribution >= 0.6 is 7.28 Å². The van der Waals surface area contributed by atoms with E-state index in [0.717, 1.165) is 44.2 Å². The van der Waals surface area contributed by atoms with Crippen molar-refractivity contribution in [2.45, 2.75) is 206 Å². The third kappa shape index (κ3) is 10.1. The zero-order chi connectivity index (χ0) is 55.3. The molecule has 6 aromatic rings. The second kappa shape index (κ2) is 19.3. The predicted octanol–water partition coefficient (Wildman–Crippen LogP) is 18.5. The van der Waals surface area contributed by atoms with Gasteiger partial charge in [0, 0.05) is 0 Å². The summed E-state index contributed by atoms with van der Waals surface area (Å²) in [6.45, 7) is 57.4. The number of hydrogen-bond acceptors (Lipinski definition) is 3. The predicted molar refractivity (Wildman–Crippen MR) is 324 cm³/mol. The van der Waals surface area contributed by atoms with Crippen molar-refractivity contribution < 1.29 is 14.7 Å². The molecule has 0 aliphatic carbocycles. The average molecular weight is 1010 g/mol.